The maximum Gasteiger partial charge on any atom is 0.334 e. The lowest BCUT2D eigenvalue weighted by molar-refractivity contribution is -0.167. The van der Waals surface area contributed by atoms with E-state index >= 15 is 0 Å². The molecule has 0 saturated heterocycles. The number of ether oxygens (including phenoxy) is 1. The first-order valence-electron chi connectivity index (χ1n) is 10.7. The molecule has 0 bridgehead atoms. The summed E-state index contributed by atoms with van der Waals surface area (Å²) in [5.41, 5.74) is 0.294. The summed E-state index contributed by atoms with van der Waals surface area (Å²) in [4.78, 5) is 25.0. The number of hydrogen-bond acceptors (Lipinski definition) is 5. The van der Waals surface area contributed by atoms with Gasteiger partial charge in [0.25, 0.3) is 0 Å². The van der Waals surface area contributed by atoms with Gasteiger partial charge in [-0.3, -0.25) is 10.1 Å². The van der Waals surface area contributed by atoms with Crippen molar-refractivity contribution >= 4 is 11.9 Å². The van der Waals surface area contributed by atoms with Crippen molar-refractivity contribution in [1.29, 1.82) is 0 Å². The molecule has 0 aliphatic heterocycles. The predicted molar refractivity (Wildman–Crippen MR) is 126 cm³/mol. The fourth-order valence-corrected chi connectivity index (χ4v) is 3.82. The van der Waals surface area contributed by atoms with Crippen LogP contribution in [-0.4, -0.2) is 39.9 Å². The number of aliphatic hydroxyl groups is 1. The van der Waals surface area contributed by atoms with Crippen molar-refractivity contribution in [3.63, 3.8) is 0 Å². The Morgan fingerprint density at radius 2 is 1.12 bits per heavy atom. The highest BCUT2D eigenvalue weighted by molar-refractivity contribution is 5.86. The number of aliphatic hydroxyl groups excluding tert-OH is 1. The number of carbonyl (C=O) groups is 2. The first-order valence-corrected chi connectivity index (χ1v) is 10.7. The van der Waals surface area contributed by atoms with Gasteiger partial charge in [-0.1, -0.05) is 91.0 Å². The minimum Gasteiger partial charge on any atom is -0.479 e. The minimum atomic E-state index is -2.03. The van der Waals surface area contributed by atoms with E-state index in [1.54, 1.807) is 20.8 Å². The van der Waals surface area contributed by atoms with Crippen LogP contribution in [0.15, 0.2) is 91.0 Å². The molecular weight excluding hydrogens is 418 g/mol. The van der Waals surface area contributed by atoms with Crippen LogP contribution < -0.4 is 5.32 Å². The maximum atomic E-state index is 13.2. The molecule has 0 radical (unpaired) electrons. The van der Waals surface area contributed by atoms with Crippen molar-refractivity contribution in [3.8, 4) is 0 Å². The molecule has 0 aromatic heterocycles. The van der Waals surface area contributed by atoms with E-state index in [2.05, 4.69) is 5.32 Å². The third kappa shape index (κ3) is 5.48. The molecule has 172 valence electrons. The first-order chi connectivity index (χ1) is 15.6. The largest absolute Gasteiger partial charge is 0.479 e. The molecule has 0 saturated carbocycles. The number of hydrogen-bond donors (Lipinski definition) is 3. The van der Waals surface area contributed by atoms with Gasteiger partial charge in [0.05, 0.1) is 5.54 Å². The average Bonchev–Trinajstić information content (AvgIpc) is 2.80. The number of nitrogens with one attached hydrogen (secondary N) is 1. The molecule has 0 amide bonds. The maximum absolute atomic E-state index is 13.2. The molecule has 3 N–H and O–H groups in total. The van der Waals surface area contributed by atoms with Gasteiger partial charge in [-0.25, -0.2) is 4.79 Å². The zero-order chi connectivity index (χ0) is 24.1. The van der Waals surface area contributed by atoms with Gasteiger partial charge in [0.15, 0.2) is 6.10 Å². The van der Waals surface area contributed by atoms with Gasteiger partial charge in [-0.2, -0.15) is 0 Å². The topological polar surface area (TPSA) is 95.9 Å². The second kappa shape index (κ2) is 9.98. The highest BCUT2D eigenvalue weighted by Gasteiger charge is 2.45. The van der Waals surface area contributed by atoms with Crippen LogP contribution in [0.25, 0.3) is 0 Å². The van der Waals surface area contributed by atoms with Gasteiger partial charge in [-0.05, 0) is 37.5 Å². The predicted octanol–water partition coefficient (Wildman–Crippen LogP) is 3.72. The summed E-state index contributed by atoms with van der Waals surface area (Å²) in [5, 5.41) is 23.4. The van der Waals surface area contributed by atoms with Crippen molar-refractivity contribution in [3.05, 3.63) is 108 Å². The lowest BCUT2D eigenvalue weighted by atomic mass is 9.76. The first kappa shape index (κ1) is 24.2. The van der Waals surface area contributed by atoms with E-state index in [0.717, 1.165) is 16.7 Å². The molecule has 3 aromatic rings. The molecule has 0 spiro atoms. The highest BCUT2D eigenvalue weighted by Crippen LogP contribution is 2.37. The van der Waals surface area contributed by atoms with Gasteiger partial charge >= 0.3 is 11.9 Å². The van der Waals surface area contributed by atoms with Gasteiger partial charge in [0.2, 0.25) is 0 Å². The van der Waals surface area contributed by atoms with Crippen LogP contribution in [0.1, 0.15) is 37.5 Å². The zero-order valence-electron chi connectivity index (χ0n) is 18.9. The van der Waals surface area contributed by atoms with Gasteiger partial charge in [0.1, 0.15) is 11.6 Å². The van der Waals surface area contributed by atoms with E-state index < -0.39 is 35.2 Å². The van der Waals surface area contributed by atoms with E-state index in [4.69, 9.17) is 4.74 Å². The van der Waals surface area contributed by atoms with Gasteiger partial charge in [0, 0.05) is 0 Å². The molecular formula is C27H29NO5. The van der Waals surface area contributed by atoms with Crippen LogP contribution in [0.4, 0.5) is 0 Å². The van der Waals surface area contributed by atoms with E-state index in [9.17, 15) is 19.8 Å². The standard InChI is InChI=1S/C27H29NO5/c1-26(2,3)33-25(32)22(23(29)24(30)31)28-27(19-13-7-4-8-14-19,20-15-9-5-10-16-20)21-17-11-6-12-18-21/h4-18,22-23,28-29H,1-3H3,(H,30,31)/t22-,23?/m0/s1. The van der Waals surface area contributed by atoms with Crippen LogP contribution in [0, 0.1) is 0 Å². The Morgan fingerprint density at radius 1 is 0.758 bits per heavy atom. The van der Waals surface area contributed by atoms with E-state index in [-0.39, 0.29) is 0 Å². The number of carbonyl (C=O) groups excluding carboxylic acids is 1. The quantitative estimate of drug-likeness (QED) is 0.360. The molecule has 6 heteroatoms. The Kier molecular flexibility index (Phi) is 7.31. The summed E-state index contributed by atoms with van der Waals surface area (Å²) in [6.07, 6.45) is -2.03. The van der Waals surface area contributed by atoms with E-state index in [0.29, 0.717) is 0 Å². The zero-order valence-corrected chi connectivity index (χ0v) is 18.9. The summed E-state index contributed by atoms with van der Waals surface area (Å²) < 4.78 is 5.50. The fourth-order valence-electron chi connectivity index (χ4n) is 3.82. The van der Waals surface area contributed by atoms with Crippen molar-refractivity contribution < 1.29 is 24.5 Å². The van der Waals surface area contributed by atoms with E-state index in [1.807, 2.05) is 91.0 Å². The van der Waals surface area contributed by atoms with Crippen LogP contribution in [0.2, 0.25) is 0 Å². The number of carboxylic acid groups (broad SMARTS) is 1. The SMILES string of the molecule is CC(C)(C)OC(=O)[C@@H](NC(c1ccccc1)(c1ccccc1)c1ccccc1)C(O)C(=O)O. The van der Waals surface area contributed by atoms with Crippen molar-refractivity contribution in [2.45, 2.75) is 44.1 Å². The summed E-state index contributed by atoms with van der Waals surface area (Å²) in [5.74, 6) is -2.38. The second-order valence-corrected chi connectivity index (χ2v) is 8.79. The molecule has 3 rings (SSSR count). The second-order valence-electron chi connectivity index (χ2n) is 8.79. The molecule has 0 heterocycles. The number of aliphatic carboxylic acids is 1. The third-order valence-electron chi connectivity index (χ3n) is 5.22. The smallest absolute Gasteiger partial charge is 0.334 e. The Bertz CT molecular complexity index is 965. The van der Waals surface area contributed by atoms with Gasteiger partial charge in [-0.15, -0.1) is 0 Å². The van der Waals surface area contributed by atoms with Crippen molar-refractivity contribution in [1.82, 2.24) is 5.32 Å². The molecule has 3 aromatic carbocycles. The highest BCUT2D eigenvalue weighted by atomic mass is 16.6. The molecule has 0 fully saturated rings. The van der Waals surface area contributed by atoms with E-state index in [1.165, 1.54) is 0 Å². The summed E-state index contributed by atoms with van der Waals surface area (Å²) in [6, 6.07) is 26.7. The number of benzene rings is 3. The molecule has 6 nitrogen and oxygen atoms in total. The lowest BCUT2D eigenvalue weighted by Gasteiger charge is -2.40. The minimum absolute atomic E-state index is 0.772. The third-order valence-corrected chi connectivity index (χ3v) is 5.22. The molecule has 2 atom stereocenters. The summed E-state index contributed by atoms with van der Waals surface area (Å²) >= 11 is 0. The van der Waals surface area contributed by atoms with Crippen molar-refractivity contribution in [2.75, 3.05) is 0 Å². The number of rotatable bonds is 8. The molecule has 1 unspecified atom stereocenters. The summed E-state index contributed by atoms with van der Waals surface area (Å²) in [6.45, 7) is 5.07. The van der Waals surface area contributed by atoms with Crippen LogP contribution >= 0.6 is 0 Å². The normalized spacial score (nSPS) is 13.7. The average molecular weight is 448 g/mol. The Morgan fingerprint density at radius 3 is 1.42 bits per heavy atom. The monoisotopic (exact) mass is 447 g/mol. The number of esters is 1. The summed E-state index contributed by atoms with van der Waals surface area (Å²) in [7, 11) is 0. The van der Waals surface area contributed by atoms with Crippen LogP contribution in [0.5, 0.6) is 0 Å². The fraction of sp³-hybridized carbons (Fsp3) is 0.259. The lowest BCUT2D eigenvalue weighted by Crippen LogP contribution is -2.59. The van der Waals surface area contributed by atoms with Crippen LogP contribution in [0.3, 0.4) is 0 Å². The molecule has 0 aliphatic carbocycles. The number of carboxylic acids is 1. The molecule has 33 heavy (non-hydrogen) atoms. The Balaban J connectivity index is 2.27. The van der Waals surface area contributed by atoms with Crippen molar-refractivity contribution in [2.24, 2.45) is 0 Å². The Labute approximate surface area is 193 Å². The molecule has 0 aliphatic rings. The van der Waals surface area contributed by atoms with Gasteiger partial charge < -0.3 is 14.9 Å². The Hall–Kier alpha value is -3.48. The van der Waals surface area contributed by atoms with Crippen LogP contribution in [-0.2, 0) is 19.9 Å².